The zero-order valence-corrected chi connectivity index (χ0v) is 19.9. The molecular weight excluding hydrogens is 413 g/mol. The number of phosphoric ester groups is 1. The highest BCUT2D eigenvalue weighted by molar-refractivity contribution is 7.46. The smallest absolute Gasteiger partial charge is 0.337 e. The third-order valence-corrected chi connectivity index (χ3v) is 6.51. The first-order valence-electron chi connectivity index (χ1n) is 12.0. The second-order valence-electron chi connectivity index (χ2n) is 8.77. The highest BCUT2D eigenvalue weighted by Gasteiger charge is 2.35. The van der Waals surface area contributed by atoms with Gasteiger partial charge in [0, 0.05) is 19.5 Å². The molecule has 0 spiro atoms. The van der Waals surface area contributed by atoms with Crippen LogP contribution < -0.4 is 0 Å². The molecule has 1 aliphatic heterocycles. The van der Waals surface area contributed by atoms with E-state index in [0.29, 0.717) is 6.42 Å². The van der Waals surface area contributed by atoms with Crippen LogP contribution in [0.25, 0.3) is 0 Å². The highest BCUT2D eigenvalue weighted by Crippen LogP contribution is 2.39. The van der Waals surface area contributed by atoms with Crippen molar-refractivity contribution in [3.05, 3.63) is 35.4 Å². The van der Waals surface area contributed by atoms with Crippen molar-refractivity contribution in [2.24, 2.45) is 0 Å². The van der Waals surface area contributed by atoms with Gasteiger partial charge in [-0.05, 0) is 43.2 Å². The van der Waals surface area contributed by atoms with Crippen molar-refractivity contribution >= 4 is 13.7 Å². The van der Waals surface area contributed by atoms with Gasteiger partial charge in [0.25, 0.3) is 0 Å². The Morgan fingerprint density at radius 3 is 1.90 bits per heavy atom. The Labute approximate surface area is 187 Å². The average Bonchev–Trinajstić information content (AvgIpc) is 2.70. The summed E-state index contributed by atoms with van der Waals surface area (Å²) in [6, 6.07) is 9.14. The second kappa shape index (κ2) is 14.1. The Balaban J connectivity index is 1.43. The van der Waals surface area contributed by atoms with Gasteiger partial charge in [-0.2, -0.15) is 0 Å². The monoisotopic (exact) mass is 453 g/mol. The van der Waals surface area contributed by atoms with Crippen molar-refractivity contribution in [1.29, 1.82) is 0 Å². The maximum Gasteiger partial charge on any atom is 0.469 e. The van der Waals surface area contributed by atoms with Crippen LogP contribution in [-0.4, -0.2) is 39.8 Å². The largest absolute Gasteiger partial charge is 0.469 e. The standard InChI is InChI=1S/C24H40NO5P/c1-2-3-4-9-12-21-15-17-22(18-16-21)13-10-7-5-6-8-11-14-24(26)25-19-23(20-25)30-31(27,28)29/h15-18,23H,2-14,19-20H2,1H3,(H2,27,28,29). The van der Waals surface area contributed by atoms with Gasteiger partial charge in [0.15, 0.2) is 0 Å². The number of rotatable bonds is 16. The van der Waals surface area contributed by atoms with Gasteiger partial charge in [0.05, 0.1) is 0 Å². The summed E-state index contributed by atoms with van der Waals surface area (Å²) < 4.78 is 15.3. The summed E-state index contributed by atoms with van der Waals surface area (Å²) >= 11 is 0. The molecule has 0 saturated carbocycles. The summed E-state index contributed by atoms with van der Waals surface area (Å²) in [6.45, 7) is 2.81. The molecule has 0 bridgehead atoms. The summed E-state index contributed by atoms with van der Waals surface area (Å²) in [7, 11) is -4.45. The normalized spacial score (nSPS) is 14.6. The quantitative estimate of drug-likeness (QED) is 0.258. The average molecular weight is 454 g/mol. The minimum atomic E-state index is -4.45. The highest BCUT2D eigenvalue weighted by atomic mass is 31.2. The maximum absolute atomic E-state index is 12.0. The van der Waals surface area contributed by atoms with E-state index < -0.39 is 13.9 Å². The number of nitrogens with zero attached hydrogens (tertiary/aromatic N) is 1. The molecule has 1 saturated heterocycles. The Bertz CT molecular complexity index is 682. The van der Waals surface area contributed by atoms with Crippen LogP contribution in [-0.2, 0) is 26.7 Å². The van der Waals surface area contributed by atoms with Gasteiger partial charge in [0.2, 0.25) is 5.91 Å². The van der Waals surface area contributed by atoms with E-state index in [1.165, 1.54) is 62.5 Å². The molecule has 2 rings (SSSR count). The van der Waals surface area contributed by atoms with E-state index in [2.05, 4.69) is 35.7 Å². The number of amides is 1. The Morgan fingerprint density at radius 1 is 0.903 bits per heavy atom. The first-order valence-corrected chi connectivity index (χ1v) is 13.5. The van der Waals surface area contributed by atoms with Crippen LogP contribution in [0.2, 0.25) is 0 Å². The van der Waals surface area contributed by atoms with Crippen molar-refractivity contribution in [3.63, 3.8) is 0 Å². The molecule has 1 aromatic rings. The van der Waals surface area contributed by atoms with Crippen molar-refractivity contribution in [3.8, 4) is 0 Å². The molecule has 0 unspecified atom stereocenters. The lowest BCUT2D eigenvalue weighted by molar-refractivity contribution is -0.140. The predicted octanol–water partition coefficient (Wildman–Crippen LogP) is 5.40. The lowest BCUT2D eigenvalue weighted by Gasteiger charge is -2.38. The van der Waals surface area contributed by atoms with Crippen molar-refractivity contribution in [2.45, 2.75) is 96.5 Å². The molecule has 1 amide bonds. The van der Waals surface area contributed by atoms with Crippen molar-refractivity contribution < 1.29 is 23.7 Å². The third kappa shape index (κ3) is 11.3. The lowest BCUT2D eigenvalue weighted by Crippen LogP contribution is -2.54. The van der Waals surface area contributed by atoms with Crippen molar-refractivity contribution in [1.82, 2.24) is 4.90 Å². The Morgan fingerprint density at radius 2 is 1.39 bits per heavy atom. The van der Waals surface area contributed by atoms with Crippen LogP contribution in [0.3, 0.4) is 0 Å². The fourth-order valence-electron chi connectivity index (χ4n) is 4.00. The van der Waals surface area contributed by atoms with Gasteiger partial charge >= 0.3 is 7.82 Å². The van der Waals surface area contributed by atoms with Gasteiger partial charge < -0.3 is 14.7 Å². The molecule has 1 heterocycles. The summed E-state index contributed by atoms with van der Waals surface area (Å²) in [5, 5.41) is 0. The number of hydrogen-bond acceptors (Lipinski definition) is 3. The van der Waals surface area contributed by atoms with Gasteiger partial charge in [-0.3, -0.25) is 9.32 Å². The number of aryl methyl sites for hydroxylation is 2. The molecule has 0 radical (unpaired) electrons. The molecule has 0 aliphatic carbocycles. The van der Waals surface area contributed by atoms with Gasteiger partial charge in [-0.1, -0.05) is 76.1 Å². The number of carbonyl (C=O) groups is 1. The minimum Gasteiger partial charge on any atom is -0.337 e. The number of likely N-dealkylation sites (tertiary alicyclic amines) is 1. The third-order valence-electron chi connectivity index (χ3n) is 5.94. The molecular formula is C24H40NO5P. The van der Waals surface area contributed by atoms with Crippen LogP contribution in [0.5, 0.6) is 0 Å². The number of hydrogen-bond donors (Lipinski definition) is 2. The zero-order chi connectivity index (χ0) is 22.5. The van der Waals surface area contributed by atoms with E-state index in [0.717, 1.165) is 25.7 Å². The van der Waals surface area contributed by atoms with E-state index in [9.17, 15) is 9.36 Å². The van der Waals surface area contributed by atoms with E-state index in [1.54, 1.807) is 4.90 Å². The van der Waals surface area contributed by atoms with Crippen LogP contribution in [0.1, 0.15) is 88.7 Å². The van der Waals surface area contributed by atoms with Crippen LogP contribution in [0.4, 0.5) is 0 Å². The zero-order valence-electron chi connectivity index (χ0n) is 19.0. The molecule has 0 aromatic heterocycles. The van der Waals surface area contributed by atoms with Gasteiger partial charge in [-0.25, -0.2) is 4.57 Å². The second-order valence-corrected chi connectivity index (χ2v) is 9.96. The van der Waals surface area contributed by atoms with E-state index in [4.69, 9.17) is 9.79 Å². The molecule has 1 fully saturated rings. The van der Waals surface area contributed by atoms with Crippen LogP contribution >= 0.6 is 7.82 Å². The fourth-order valence-corrected chi connectivity index (χ4v) is 4.52. The SMILES string of the molecule is CCCCCCc1ccc(CCCCCCCCC(=O)N2CC(OP(=O)(O)O)C2)cc1. The van der Waals surface area contributed by atoms with Gasteiger partial charge in [0.1, 0.15) is 6.10 Å². The summed E-state index contributed by atoms with van der Waals surface area (Å²) in [5.41, 5.74) is 2.89. The number of carbonyl (C=O) groups excluding carboxylic acids is 1. The van der Waals surface area contributed by atoms with Crippen LogP contribution in [0, 0.1) is 0 Å². The molecule has 31 heavy (non-hydrogen) atoms. The lowest BCUT2D eigenvalue weighted by atomic mass is 10.0. The Kier molecular flexibility index (Phi) is 11.8. The number of benzene rings is 1. The summed E-state index contributed by atoms with van der Waals surface area (Å²) in [6.07, 6.45) is 14.3. The summed E-state index contributed by atoms with van der Waals surface area (Å²) in [4.78, 5) is 31.1. The van der Waals surface area contributed by atoms with Crippen molar-refractivity contribution in [2.75, 3.05) is 13.1 Å². The maximum atomic E-state index is 12.0. The number of phosphoric acid groups is 1. The van der Waals surface area contributed by atoms with E-state index in [1.807, 2.05) is 0 Å². The Hall–Kier alpha value is -1.20. The molecule has 1 aromatic carbocycles. The molecule has 2 N–H and O–H groups in total. The first kappa shape index (κ1) is 26.1. The number of unbranched alkanes of at least 4 members (excludes halogenated alkanes) is 8. The first-order chi connectivity index (χ1) is 14.9. The molecule has 1 aliphatic rings. The topological polar surface area (TPSA) is 87.1 Å². The van der Waals surface area contributed by atoms with E-state index in [-0.39, 0.29) is 19.0 Å². The summed E-state index contributed by atoms with van der Waals surface area (Å²) in [5.74, 6) is 0.0550. The fraction of sp³-hybridized carbons (Fsp3) is 0.708. The molecule has 0 atom stereocenters. The van der Waals surface area contributed by atoms with Crippen LogP contribution in [0.15, 0.2) is 24.3 Å². The predicted molar refractivity (Wildman–Crippen MR) is 124 cm³/mol. The van der Waals surface area contributed by atoms with E-state index >= 15 is 0 Å². The minimum absolute atomic E-state index is 0.0550. The molecule has 6 nitrogen and oxygen atoms in total. The molecule has 176 valence electrons. The van der Waals surface area contributed by atoms with Gasteiger partial charge in [-0.15, -0.1) is 0 Å². The molecule has 7 heteroatoms.